The molecule has 259 valence electrons. The first-order valence-electron chi connectivity index (χ1n) is 16.6. The minimum Gasteiger partial charge on any atom is -0.539 e. The summed E-state index contributed by atoms with van der Waals surface area (Å²) in [5.41, 5.74) is -7.54. The smallest absolute Gasteiger partial charge is 0.305 e. The van der Waals surface area contributed by atoms with Crippen LogP contribution in [0.25, 0.3) is 11.1 Å². The number of hydrogen-bond donors (Lipinski definition) is 0. The lowest BCUT2D eigenvalue weighted by Gasteiger charge is -2.45. The SMILES string of the molecule is CCCCCCC(C)(C)C[Si](CC(C)(C)CCCCCC)(Oc1c(F)c(F)c2c(c1F)-c1c(F)c(F)[c]c(F)c1C2(F)F)C(C)C. The molecule has 3 rings (SSSR count). The van der Waals surface area contributed by atoms with Gasteiger partial charge < -0.3 is 4.43 Å². The fraction of sp³-hybridized carbons (Fsp3) is 0.667. The van der Waals surface area contributed by atoms with E-state index in [2.05, 4.69) is 41.5 Å². The van der Waals surface area contributed by atoms with Crippen molar-refractivity contribution in [3.63, 3.8) is 0 Å². The van der Waals surface area contributed by atoms with Crippen LogP contribution < -0.4 is 4.43 Å². The standard InChI is InChI=1S/C36H49F8OSi/c1-9-11-13-15-17-34(5,6)20-46(22(3)4,21-35(7,8)18-16-14-12-10-2)45-33-30(40)26-25-27(23(37)19-24(38)29(25)39)36(43,44)28(26)31(41)32(33)42/h22H,9-18,20-21H2,1-8H3. The summed E-state index contributed by atoms with van der Waals surface area (Å²) in [5.74, 6) is -17.9. The van der Waals surface area contributed by atoms with Crippen molar-refractivity contribution in [2.24, 2.45) is 10.8 Å². The molecule has 2 aromatic rings. The topological polar surface area (TPSA) is 9.23 Å². The molecule has 10 heteroatoms. The predicted octanol–water partition coefficient (Wildman–Crippen LogP) is 13.2. The van der Waals surface area contributed by atoms with E-state index in [1.165, 1.54) is 6.07 Å². The molecule has 0 bridgehead atoms. The Hall–Kier alpha value is -2.10. The number of alkyl halides is 2. The van der Waals surface area contributed by atoms with Gasteiger partial charge in [-0.25, -0.2) is 22.0 Å². The van der Waals surface area contributed by atoms with Crippen molar-refractivity contribution in [3.05, 3.63) is 52.1 Å². The van der Waals surface area contributed by atoms with Gasteiger partial charge in [0.25, 0.3) is 8.32 Å². The third-order valence-electron chi connectivity index (χ3n) is 9.59. The van der Waals surface area contributed by atoms with E-state index in [1.807, 2.05) is 13.8 Å². The van der Waals surface area contributed by atoms with Crippen LogP contribution >= 0.6 is 0 Å². The Bertz CT molecular complexity index is 1360. The Kier molecular flexibility index (Phi) is 12.1. The first-order chi connectivity index (χ1) is 21.3. The summed E-state index contributed by atoms with van der Waals surface area (Å²) in [5, 5.41) is 0. The van der Waals surface area contributed by atoms with Crippen LogP contribution in [0.1, 0.15) is 131 Å². The summed E-state index contributed by atoms with van der Waals surface area (Å²) >= 11 is 0. The molecule has 0 atom stereocenters. The monoisotopic (exact) mass is 677 g/mol. The normalized spacial score (nSPS) is 14.6. The lowest BCUT2D eigenvalue weighted by atomic mass is 9.88. The molecule has 0 heterocycles. The molecule has 0 fully saturated rings. The molecular weight excluding hydrogens is 628 g/mol. The van der Waals surface area contributed by atoms with Crippen LogP contribution in [-0.2, 0) is 5.92 Å². The van der Waals surface area contributed by atoms with Gasteiger partial charge in [0.15, 0.2) is 29.0 Å². The molecule has 1 radical (unpaired) electrons. The number of unbranched alkanes of at least 4 members (excludes halogenated alkanes) is 6. The van der Waals surface area contributed by atoms with Crippen LogP contribution in [0.15, 0.2) is 0 Å². The Morgan fingerprint density at radius 3 is 1.59 bits per heavy atom. The molecule has 0 saturated heterocycles. The molecule has 0 unspecified atom stereocenters. The number of fused-ring (bicyclic) bond motifs is 3. The maximum atomic E-state index is 16.4. The molecule has 0 aliphatic heterocycles. The van der Waals surface area contributed by atoms with Crippen molar-refractivity contribution in [1.82, 2.24) is 0 Å². The minimum atomic E-state index is -4.68. The van der Waals surface area contributed by atoms with Crippen molar-refractivity contribution in [2.45, 2.75) is 143 Å². The van der Waals surface area contributed by atoms with E-state index in [0.717, 1.165) is 64.2 Å². The summed E-state index contributed by atoms with van der Waals surface area (Å²) in [4.78, 5) is 0. The quantitative estimate of drug-likeness (QED) is 0.0701. The van der Waals surface area contributed by atoms with Gasteiger partial charge in [0.05, 0.1) is 17.2 Å². The van der Waals surface area contributed by atoms with Gasteiger partial charge in [0, 0.05) is 11.1 Å². The second-order valence-electron chi connectivity index (χ2n) is 15.0. The van der Waals surface area contributed by atoms with E-state index in [4.69, 9.17) is 4.43 Å². The van der Waals surface area contributed by atoms with Crippen molar-refractivity contribution in [2.75, 3.05) is 0 Å². The van der Waals surface area contributed by atoms with Gasteiger partial charge in [-0.1, -0.05) is 107 Å². The maximum Gasteiger partial charge on any atom is 0.305 e. The first-order valence-corrected chi connectivity index (χ1v) is 19.0. The van der Waals surface area contributed by atoms with Gasteiger partial charge in [-0.15, -0.1) is 0 Å². The largest absolute Gasteiger partial charge is 0.539 e. The Morgan fingerprint density at radius 1 is 0.652 bits per heavy atom. The Labute approximate surface area is 270 Å². The molecule has 0 spiro atoms. The number of hydrogen-bond acceptors (Lipinski definition) is 1. The summed E-state index contributed by atoms with van der Waals surface area (Å²) in [6.07, 6.45) is 9.74. The highest BCUT2D eigenvalue weighted by molar-refractivity contribution is 6.76. The average Bonchev–Trinajstić information content (AvgIpc) is 3.20. The summed E-state index contributed by atoms with van der Waals surface area (Å²) < 4.78 is 129. The van der Waals surface area contributed by atoms with Gasteiger partial charge in [-0.3, -0.25) is 0 Å². The second-order valence-corrected chi connectivity index (χ2v) is 19.2. The maximum absolute atomic E-state index is 16.4. The highest BCUT2D eigenvalue weighted by atomic mass is 28.4. The first kappa shape index (κ1) is 38.3. The molecule has 1 aliphatic rings. The number of benzene rings is 2. The third kappa shape index (κ3) is 7.78. The van der Waals surface area contributed by atoms with Crippen molar-refractivity contribution in [1.29, 1.82) is 0 Å². The van der Waals surface area contributed by atoms with Crippen LogP contribution in [0, 0.1) is 51.8 Å². The van der Waals surface area contributed by atoms with Crippen molar-refractivity contribution >= 4 is 8.32 Å². The number of halogens is 8. The summed E-state index contributed by atoms with van der Waals surface area (Å²) in [6, 6.07) is 2.06. The van der Waals surface area contributed by atoms with Gasteiger partial charge in [-0.05, 0) is 41.3 Å². The molecule has 0 amide bonds. The van der Waals surface area contributed by atoms with Gasteiger partial charge in [0.2, 0.25) is 5.82 Å². The molecule has 0 saturated carbocycles. The fourth-order valence-electron chi connectivity index (χ4n) is 7.18. The minimum absolute atomic E-state index is 0.262. The van der Waals surface area contributed by atoms with Crippen molar-refractivity contribution in [3.8, 4) is 16.9 Å². The van der Waals surface area contributed by atoms with Crippen LogP contribution in [0.2, 0.25) is 17.6 Å². The lowest BCUT2D eigenvalue weighted by molar-refractivity contribution is 0.0391. The van der Waals surface area contributed by atoms with Crippen LogP contribution in [0.3, 0.4) is 0 Å². The molecule has 0 aromatic heterocycles. The third-order valence-corrected chi connectivity index (χ3v) is 15.4. The van der Waals surface area contributed by atoms with Gasteiger partial charge >= 0.3 is 5.92 Å². The van der Waals surface area contributed by atoms with E-state index in [9.17, 15) is 13.2 Å². The van der Waals surface area contributed by atoms with Gasteiger partial charge in [-0.2, -0.15) is 13.2 Å². The molecular formula is C36H49F8OSi. The molecule has 1 aliphatic carbocycles. The zero-order valence-electron chi connectivity index (χ0n) is 28.5. The molecule has 46 heavy (non-hydrogen) atoms. The average molecular weight is 678 g/mol. The lowest BCUT2D eigenvalue weighted by Crippen LogP contribution is -2.51. The molecule has 2 aromatic carbocycles. The van der Waals surface area contributed by atoms with Crippen LogP contribution in [-0.4, -0.2) is 8.32 Å². The molecule has 0 N–H and O–H groups in total. The van der Waals surface area contributed by atoms with E-state index >= 15 is 22.0 Å². The predicted molar refractivity (Wildman–Crippen MR) is 170 cm³/mol. The zero-order chi connectivity index (χ0) is 34.8. The summed E-state index contributed by atoms with van der Waals surface area (Å²) in [6.45, 7) is 16.2. The van der Waals surface area contributed by atoms with E-state index in [1.54, 1.807) is 0 Å². The van der Waals surface area contributed by atoms with E-state index in [0.29, 0.717) is 12.1 Å². The van der Waals surface area contributed by atoms with Gasteiger partial charge in [0.1, 0.15) is 5.82 Å². The summed E-state index contributed by atoms with van der Waals surface area (Å²) in [7, 11) is -3.38. The Morgan fingerprint density at radius 2 is 1.13 bits per heavy atom. The highest BCUT2D eigenvalue weighted by Gasteiger charge is 2.55. The fourth-order valence-corrected chi connectivity index (χ4v) is 12.7. The van der Waals surface area contributed by atoms with E-state index < -0.39 is 77.1 Å². The van der Waals surface area contributed by atoms with E-state index in [-0.39, 0.29) is 16.4 Å². The van der Waals surface area contributed by atoms with Crippen LogP contribution in [0.4, 0.5) is 35.1 Å². The van der Waals surface area contributed by atoms with Crippen LogP contribution in [0.5, 0.6) is 5.75 Å². The highest BCUT2D eigenvalue weighted by Crippen LogP contribution is 2.57. The van der Waals surface area contributed by atoms with Crippen molar-refractivity contribution < 1.29 is 39.5 Å². The second kappa shape index (κ2) is 14.6. The Balaban J connectivity index is 2.23. The molecule has 1 nitrogen and oxygen atoms in total. The number of rotatable bonds is 17. The zero-order valence-corrected chi connectivity index (χ0v) is 29.5.